The van der Waals surface area contributed by atoms with Crippen molar-refractivity contribution in [1.29, 1.82) is 0 Å². The van der Waals surface area contributed by atoms with Crippen LogP contribution in [0.5, 0.6) is 0 Å². The van der Waals surface area contributed by atoms with Crippen molar-refractivity contribution in [3.8, 4) is 12.8 Å². The van der Waals surface area contributed by atoms with Crippen molar-refractivity contribution < 1.29 is 0 Å². The summed E-state index contributed by atoms with van der Waals surface area (Å²) in [5, 5.41) is 0. The van der Waals surface area contributed by atoms with Crippen molar-refractivity contribution in [3.05, 3.63) is 41.5 Å². The van der Waals surface area contributed by atoms with Crippen LogP contribution in [0, 0.1) is 26.7 Å². The Hall–Kier alpha value is -1.48. The second-order valence-electron chi connectivity index (χ2n) is 2.56. The molecule has 0 atom stereocenters. The van der Waals surface area contributed by atoms with Crippen molar-refractivity contribution in [1.82, 2.24) is 0 Å². The number of benzene rings is 1. The minimum Gasteiger partial charge on any atom is -0.124 e. The molecule has 0 nitrogen and oxygen atoms in total. The number of hydrogen-bond acceptors (Lipinski definition) is 0. The standard InChI is InChI=1S/C10H12.C2H6.C2H2/c1-4-10-7-8(2)5-6-9(10)3;2*1-2/h4-7H,1H2,2-3H3;1-2H3;1-2H. The van der Waals surface area contributed by atoms with E-state index in [1.807, 2.05) is 19.9 Å². The lowest BCUT2D eigenvalue weighted by Crippen LogP contribution is -1.80. The Morgan fingerprint density at radius 1 is 1.14 bits per heavy atom. The summed E-state index contributed by atoms with van der Waals surface area (Å²) in [6.07, 6.45) is 9.89. The van der Waals surface area contributed by atoms with Crippen LogP contribution in [0.1, 0.15) is 30.5 Å². The summed E-state index contributed by atoms with van der Waals surface area (Å²) in [7, 11) is 0. The van der Waals surface area contributed by atoms with E-state index in [-0.39, 0.29) is 0 Å². The third-order valence-corrected chi connectivity index (χ3v) is 1.65. The molecule has 0 saturated heterocycles. The van der Waals surface area contributed by atoms with Crippen molar-refractivity contribution >= 4 is 6.08 Å². The highest BCUT2D eigenvalue weighted by atomic mass is 14.0. The average Bonchev–Trinajstić information content (AvgIpc) is 2.27. The first-order chi connectivity index (χ1) is 6.74. The summed E-state index contributed by atoms with van der Waals surface area (Å²) in [6, 6.07) is 6.37. The smallest absolute Gasteiger partial charge is 0.0231 e. The first-order valence-electron chi connectivity index (χ1n) is 4.77. The predicted octanol–water partition coefficient (Wildman–Crippen LogP) is 4.22. The van der Waals surface area contributed by atoms with E-state index in [4.69, 9.17) is 0 Å². The van der Waals surface area contributed by atoms with Gasteiger partial charge in [0.15, 0.2) is 0 Å². The number of terminal acetylenes is 1. The molecule has 1 aromatic rings. The fraction of sp³-hybridized carbons (Fsp3) is 0.286. The van der Waals surface area contributed by atoms with Gasteiger partial charge in [-0.05, 0) is 25.0 Å². The quantitative estimate of drug-likeness (QED) is 0.579. The van der Waals surface area contributed by atoms with E-state index in [0.29, 0.717) is 0 Å². The topological polar surface area (TPSA) is 0 Å². The van der Waals surface area contributed by atoms with Crippen molar-refractivity contribution in [2.24, 2.45) is 0 Å². The van der Waals surface area contributed by atoms with Gasteiger partial charge in [0, 0.05) is 0 Å². The van der Waals surface area contributed by atoms with Gasteiger partial charge in [-0.15, -0.1) is 12.8 Å². The summed E-state index contributed by atoms with van der Waals surface area (Å²) in [4.78, 5) is 0. The van der Waals surface area contributed by atoms with Crippen molar-refractivity contribution in [2.45, 2.75) is 27.7 Å². The molecule has 0 fully saturated rings. The molecular weight excluding hydrogens is 168 g/mol. The van der Waals surface area contributed by atoms with Gasteiger partial charge in [-0.1, -0.05) is 50.3 Å². The zero-order valence-corrected chi connectivity index (χ0v) is 9.67. The van der Waals surface area contributed by atoms with Crippen LogP contribution < -0.4 is 0 Å². The zero-order chi connectivity index (χ0) is 11.6. The molecule has 1 aromatic carbocycles. The molecule has 14 heavy (non-hydrogen) atoms. The molecule has 0 spiro atoms. The van der Waals surface area contributed by atoms with Crippen molar-refractivity contribution in [2.75, 3.05) is 0 Å². The van der Waals surface area contributed by atoms with Crippen LogP contribution in [0.3, 0.4) is 0 Å². The maximum absolute atomic E-state index is 4.00. The predicted molar refractivity (Wildman–Crippen MR) is 67.2 cm³/mol. The van der Waals surface area contributed by atoms with Crippen LogP contribution in [0.4, 0.5) is 0 Å². The lowest BCUT2D eigenvalue weighted by atomic mass is 10.1. The fourth-order valence-corrected chi connectivity index (χ4v) is 0.980. The summed E-state index contributed by atoms with van der Waals surface area (Å²) in [5.41, 5.74) is 3.82. The molecular formula is C14H20. The lowest BCUT2D eigenvalue weighted by Gasteiger charge is -1.99. The minimum atomic E-state index is 1.24. The monoisotopic (exact) mass is 188 g/mol. The normalized spacial score (nSPS) is 7.29. The van der Waals surface area contributed by atoms with E-state index in [2.05, 4.69) is 51.5 Å². The number of hydrogen-bond donors (Lipinski definition) is 0. The van der Waals surface area contributed by atoms with E-state index in [0.717, 1.165) is 0 Å². The Morgan fingerprint density at radius 3 is 2.00 bits per heavy atom. The van der Waals surface area contributed by atoms with Gasteiger partial charge in [-0.3, -0.25) is 0 Å². The van der Waals surface area contributed by atoms with Gasteiger partial charge >= 0.3 is 0 Å². The van der Waals surface area contributed by atoms with Crippen LogP contribution in [-0.2, 0) is 0 Å². The molecule has 0 radical (unpaired) electrons. The maximum atomic E-state index is 4.00. The molecule has 76 valence electrons. The third kappa shape index (κ3) is 5.22. The number of aryl methyl sites for hydroxylation is 2. The maximum Gasteiger partial charge on any atom is -0.0231 e. The molecule has 0 aliphatic rings. The Morgan fingerprint density at radius 2 is 1.64 bits per heavy atom. The highest BCUT2D eigenvalue weighted by molar-refractivity contribution is 5.52. The van der Waals surface area contributed by atoms with E-state index < -0.39 is 0 Å². The third-order valence-electron chi connectivity index (χ3n) is 1.65. The Balaban J connectivity index is 0. The summed E-state index contributed by atoms with van der Waals surface area (Å²) in [6.45, 7) is 11.9. The summed E-state index contributed by atoms with van der Waals surface area (Å²) >= 11 is 0. The SMILES string of the molecule is C#C.C=Cc1cc(C)ccc1C.CC. The van der Waals surface area contributed by atoms with Gasteiger partial charge in [-0.2, -0.15) is 0 Å². The molecule has 0 unspecified atom stereocenters. The summed E-state index contributed by atoms with van der Waals surface area (Å²) in [5.74, 6) is 0. The first kappa shape index (κ1) is 15.0. The lowest BCUT2D eigenvalue weighted by molar-refractivity contribution is 1.38. The van der Waals surface area contributed by atoms with Gasteiger partial charge < -0.3 is 0 Å². The number of rotatable bonds is 1. The molecule has 0 N–H and O–H groups in total. The van der Waals surface area contributed by atoms with Crippen LogP contribution >= 0.6 is 0 Å². The minimum absolute atomic E-state index is 1.24. The van der Waals surface area contributed by atoms with E-state index >= 15 is 0 Å². The van der Waals surface area contributed by atoms with Gasteiger partial charge in [0.2, 0.25) is 0 Å². The Kier molecular flexibility index (Phi) is 10.3. The van der Waals surface area contributed by atoms with Gasteiger partial charge in [0.25, 0.3) is 0 Å². The molecule has 0 saturated carbocycles. The first-order valence-corrected chi connectivity index (χ1v) is 4.77. The van der Waals surface area contributed by atoms with Crippen LogP contribution in [0.2, 0.25) is 0 Å². The average molecular weight is 188 g/mol. The van der Waals surface area contributed by atoms with Gasteiger partial charge in [-0.25, -0.2) is 0 Å². The molecule has 0 heterocycles. The van der Waals surface area contributed by atoms with Crippen LogP contribution in [0.15, 0.2) is 24.8 Å². The zero-order valence-electron chi connectivity index (χ0n) is 9.67. The molecule has 0 aliphatic heterocycles. The molecule has 0 heteroatoms. The van der Waals surface area contributed by atoms with E-state index in [9.17, 15) is 0 Å². The summed E-state index contributed by atoms with van der Waals surface area (Å²) < 4.78 is 0. The van der Waals surface area contributed by atoms with Crippen LogP contribution in [-0.4, -0.2) is 0 Å². The Bertz CT molecular complexity index is 279. The molecule has 1 rings (SSSR count). The largest absolute Gasteiger partial charge is 0.124 e. The van der Waals surface area contributed by atoms with Crippen molar-refractivity contribution in [3.63, 3.8) is 0 Å². The highest BCUT2D eigenvalue weighted by Crippen LogP contribution is 2.10. The van der Waals surface area contributed by atoms with E-state index in [1.165, 1.54) is 16.7 Å². The molecule has 0 aliphatic carbocycles. The van der Waals surface area contributed by atoms with E-state index in [1.54, 1.807) is 0 Å². The fourth-order valence-electron chi connectivity index (χ4n) is 0.980. The molecule has 0 aromatic heterocycles. The van der Waals surface area contributed by atoms with Gasteiger partial charge in [0.05, 0.1) is 0 Å². The highest BCUT2D eigenvalue weighted by Gasteiger charge is 1.91. The second-order valence-corrected chi connectivity index (χ2v) is 2.56. The van der Waals surface area contributed by atoms with Gasteiger partial charge in [0.1, 0.15) is 0 Å². The molecule has 0 amide bonds. The molecule has 0 bridgehead atoms. The second kappa shape index (κ2) is 9.61. The van der Waals surface area contributed by atoms with Crippen LogP contribution in [0.25, 0.3) is 6.08 Å². The Labute approximate surface area is 88.7 Å².